The predicted octanol–water partition coefficient (Wildman–Crippen LogP) is 13.6. The molecule has 3 aromatic heterocycles. The number of thiophene rings is 1. The van der Waals surface area contributed by atoms with Crippen LogP contribution in [0.1, 0.15) is 30.0 Å². The number of para-hydroxylation sites is 2. The average Bonchev–Trinajstić information content (AvgIpc) is 4.03. The first kappa shape index (κ1) is 40.7. The number of nitrogens with two attached hydrogens (primary N) is 1. The van der Waals surface area contributed by atoms with Gasteiger partial charge in [-0.1, -0.05) is 146 Å². The quantitative estimate of drug-likeness (QED) is 0.120. The molecule has 6 heteroatoms. The molecular weight excluding hydrogens is 823 g/mol. The Bertz CT molecular complexity index is 3810. The van der Waals surface area contributed by atoms with Crippen LogP contribution in [0.4, 0.5) is 0 Å². The average molecular weight is 870 g/mol. The minimum atomic E-state index is 0.444. The number of hydrogen-bond acceptors (Lipinski definition) is 4. The Balaban J connectivity index is 0.00000156. The van der Waals surface area contributed by atoms with Crippen molar-refractivity contribution < 1.29 is 0 Å². The zero-order valence-corrected chi connectivity index (χ0v) is 37.5. The summed E-state index contributed by atoms with van der Waals surface area (Å²) in [5.74, 6) is 0. The number of allylic oxidation sites excluding steroid dienone is 2. The van der Waals surface area contributed by atoms with Gasteiger partial charge in [0.2, 0.25) is 0 Å². The summed E-state index contributed by atoms with van der Waals surface area (Å²) in [5.41, 5.74) is 21.0. The Morgan fingerprint density at radius 2 is 1.14 bits per heavy atom. The largest absolute Gasteiger partial charge is 0.398 e. The molecule has 0 aliphatic carbocycles. The first-order valence-electron chi connectivity index (χ1n) is 22.5. The molecule has 4 heterocycles. The summed E-state index contributed by atoms with van der Waals surface area (Å²) < 4.78 is 7.34. The van der Waals surface area contributed by atoms with Crippen LogP contribution >= 0.6 is 11.3 Å². The number of nitrogens with zero attached hydrogens (tertiary/aromatic N) is 4. The van der Waals surface area contributed by atoms with Gasteiger partial charge in [0.05, 0.1) is 37.7 Å². The standard InChI is InChI=1S/C57H41N5S.C3H6/c58-49(38-13-3-1-4-14-38)35-50(39-15-5-2-6-16-39)60-36-61-51-20-10-7-17-44(51)47-33-40(25-29-52(47)61)41-26-30-54-48(34-41)45-18-8-11-21-53(45)62(54)42-27-23-37(24-28-42)43-31-32-59-56-46-19-9-12-22-55(46)63-57(43)56;1-3-2/h1-30,33-35H,31-32,36,58H2;3H,1H2,2H3/b49-35-,60-50+;. The van der Waals surface area contributed by atoms with E-state index < -0.39 is 0 Å². The first-order valence-corrected chi connectivity index (χ1v) is 23.3. The van der Waals surface area contributed by atoms with Gasteiger partial charge in [0.1, 0.15) is 6.67 Å². The lowest BCUT2D eigenvalue weighted by atomic mass is 10.0. The molecule has 1 aliphatic rings. The summed E-state index contributed by atoms with van der Waals surface area (Å²) in [6.07, 6.45) is 4.70. The van der Waals surface area contributed by atoms with Gasteiger partial charge in [-0.05, 0) is 107 Å². The molecule has 1 aliphatic heterocycles. The minimum absolute atomic E-state index is 0.444. The van der Waals surface area contributed by atoms with E-state index in [1.54, 1.807) is 6.08 Å². The van der Waals surface area contributed by atoms with Crippen molar-refractivity contribution in [3.63, 3.8) is 0 Å². The molecule has 0 unspecified atom stereocenters. The second kappa shape index (κ2) is 17.5. The summed E-state index contributed by atoms with van der Waals surface area (Å²) >= 11 is 1.87. The van der Waals surface area contributed by atoms with Crippen molar-refractivity contribution in [3.8, 4) is 16.8 Å². The van der Waals surface area contributed by atoms with Crippen LogP contribution in [-0.2, 0) is 6.67 Å². The third-order valence-electron chi connectivity index (χ3n) is 12.6. The van der Waals surface area contributed by atoms with Gasteiger partial charge in [0.25, 0.3) is 0 Å². The summed E-state index contributed by atoms with van der Waals surface area (Å²) in [7, 11) is 0. The van der Waals surface area contributed by atoms with Gasteiger partial charge in [-0.3, -0.25) is 9.98 Å². The lowest BCUT2D eigenvalue weighted by Gasteiger charge is -2.12. The van der Waals surface area contributed by atoms with Gasteiger partial charge >= 0.3 is 0 Å². The van der Waals surface area contributed by atoms with E-state index in [2.05, 4.69) is 161 Å². The van der Waals surface area contributed by atoms with Crippen molar-refractivity contribution in [2.75, 3.05) is 6.54 Å². The van der Waals surface area contributed by atoms with Gasteiger partial charge in [-0.25, -0.2) is 0 Å². The molecule has 0 fully saturated rings. The number of aliphatic imine (C=N–C) groups is 1. The number of rotatable bonds is 8. The zero-order valence-electron chi connectivity index (χ0n) is 36.7. The molecule has 66 heavy (non-hydrogen) atoms. The SMILES string of the molecule is C=CC.N/C(=C\C(=N/Cn1c2ccccc2c2cc(-c3ccc4c(c3)c3ccccc3n4-c3ccc(C4=c5sc6ccccc6c5=NCC4)cc3)ccc21)c1ccccc1)c1ccccc1. The molecule has 0 spiro atoms. The molecule has 2 N–H and O–H groups in total. The summed E-state index contributed by atoms with van der Waals surface area (Å²) in [6.45, 7) is 6.52. The molecular formula is C60H47N5S. The fourth-order valence-corrected chi connectivity index (χ4v) is 10.8. The molecule has 0 bridgehead atoms. The zero-order chi connectivity index (χ0) is 44.6. The van der Waals surface area contributed by atoms with E-state index in [0.29, 0.717) is 12.4 Å². The van der Waals surface area contributed by atoms with Crippen LogP contribution in [-0.4, -0.2) is 21.4 Å². The number of benzene rings is 8. The normalized spacial score (nSPS) is 13.0. The van der Waals surface area contributed by atoms with Crippen molar-refractivity contribution >= 4 is 82.0 Å². The molecule has 0 amide bonds. The fraction of sp³-hybridized carbons (Fsp3) is 0.0667. The van der Waals surface area contributed by atoms with Crippen molar-refractivity contribution in [2.24, 2.45) is 15.7 Å². The minimum Gasteiger partial charge on any atom is -0.398 e. The van der Waals surface area contributed by atoms with E-state index in [1.165, 1.54) is 69.5 Å². The van der Waals surface area contributed by atoms with Crippen LogP contribution in [0.15, 0.2) is 223 Å². The van der Waals surface area contributed by atoms with Crippen molar-refractivity contribution in [3.05, 3.63) is 239 Å². The highest BCUT2D eigenvalue weighted by molar-refractivity contribution is 7.17. The van der Waals surface area contributed by atoms with E-state index in [-0.39, 0.29) is 0 Å². The topological polar surface area (TPSA) is 60.6 Å². The highest BCUT2D eigenvalue weighted by Crippen LogP contribution is 2.38. The van der Waals surface area contributed by atoms with E-state index in [0.717, 1.165) is 51.9 Å². The number of hydrogen-bond donors (Lipinski definition) is 1. The Labute approximate surface area is 387 Å². The van der Waals surface area contributed by atoms with E-state index in [4.69, 9.17) is 15.7 Å². The molecule has 0 atom stereocenters. The maximum Gasteiger partial charge on any atom is 0.115 e. The van der Waals surface area contributed by atoms with E-state index >= 15 is 0 Å². The molecule has 0 saturated carbocycles. The molecule has 318 valence electrons. The summed E-state index contributed by atoms with van der Waals surface area (Å²) in [5, 5.41) is 7.30. The highest BCUT2D eigenvalue weighted by Gasteiger charge is 2.17. The monoisotopic (exact) mass is 869 g/mol. The van der Waals surface area contributed by atoms with Gasteiger partial charge in [0, 0.05) is 49.6 Å². The van der Waals surface area contributed by atoms with Gasteiger partial charge < -0.3 is 14.9 Å². The molecule has 0 saturated heterocycles. The lowest BCUT2D eigenvalue weighted by Crippen LogP contribution is -2.27. The maximum atomic E-state index is 6.65. The maximum absolute atomic E-state index is 6.65. The van der Waals surface area contributed by atoms with Crippen LogP contribution in [0, 0.1) is 0 Å². The Hall–Kier alpha value is -8.06. The van der Waals surface area contributed by atoms with Crippen LogP contribution in [0.25, 0.3) is 81.8 Å². The van der Waals surface area contributed by atoms with Gasteiger partial charge in [-0.15, -0.1) is 17.9 Å². The number of fused-ring (bicyclic) bond motifs is 9. The molecule has 5 nitrogen and oxygen atoms in total. The van der Waals surface area contributed by atoms with Gasteiger partial charge in [0.15, 0.2) is 0 Å². The molecule has 12 rings (SSSR count). The fourth-order valence-electron chi connectivity index (χ4n) is 9.53. The number of aromatic nitrogens is 2. The van der Waals surface area contributed by atoms with E-state index in [1.807, 2.05) is 72.9 Å². The van der Waals surface area contributed by atoms with Crippen LogP contribution in [0.2, 0.25) is 0 Å². The second-order valence-corrected chi connectivity index (χ2v) is 17.7. The molecule has 11 aromatic rings. The van der Waals surface area contributed by atoms with E-state index in [9.17, 15) is 0 Å². The molecule has 8 aromatic carbocycles. The Morgan fingerprint density at radius 1 is 0.606 bits per heavy atom. The predicted molar refractivity (Wildman–Crippen MR) is 281 cm³/mol. The van der Waals surface area contributed by atoms with Crippen molar-refractivity contribution in [1.82, 2.24) is 9.13 Å². The third-order valence-corrected chi connectivity index (χ3v) is 13.8. The van der Waals surface area contributed by atoms with Crippen LogP contribution in [0.5, 0.6) is 0 Å². The van der Waals surface area contributed by atoms with Crippen molar-refractivity contribution in [2.45, 2.75) is 20.0 Å². The summed E-state index contributed by atoms with van der Waals surface area (Å²) in [4.78, 5) is 10.2. The summed E-state index contributed by atoms with van der Waals surface area (Å²) in [6, 6.07) is 69.4. The Morgan fingerprint density at radius 3 is 1.85 bits per heavy atom. The first-order chi connectivity index (χ1) is 32.6. The lowest BCUT2D eigenvalue weighted by molar-refractivity contribution is 0.793. The Kier molecular flexibility index (Phi) is 10.8. The smallest absolute Gasteiger partial charge is 0.115 e. The second-order valence-electron chi connectivity index (χ2n) is 16.6. The van der Waals surface area contributed by atoms with Crippen LogP contribution < -0.4 is 15.6 Å². The van der Waals surface area contributed by atoms with Crippen LogP contribution in [0.3, 0.4) is 0 Å². The van der Waals surface area contributed by atoms with Gasteiger partial charge in [-0.2, -0.15) is 0 Å². The molecule has 0 radical (unpaired) electrons. The third kappa shape index (κ3) is 7.31. The highest BCUT2D eigenvalue weighted by atomic mass is 32.1. The van der Waals surface area contributed by atoms with Crippen molar-refractivity contribution in [1.29, 1.82) is 0 Å².